The van der Waals surface area contributed by atoms with Crippen molar-refractivity contribution >= 4 is 45.9 Å². The van der Waals surface area contributed by atoms with E-state index in [1.54, 1.807) is 35.4 Å². The molecule has 1 aromatic carbocycles. The Bertz CT molecular complexity index is 1280. The Morgan fingerprint density at radius 1 is 1.12 bits per heavy atom. The average molecular weight is 466 g/mol. The molecule has 2 aromatic heterocycles. The highest BCUT2D eigenvalue weighted by Gasteiger charge is 2.32. The van der Waals surface area contributed by atoms with Crippen molar-refractivity contribution in [3.8, 4) is 11.6 Å². The molecule has 1 aliphatic rings. The minimum atomic E-state index is -0.310. The molecule has 164 valence electrons. The van der Waals surface area contributed by atoms with Gasteiger partial charge in [0.15, 0.2) is 0 Å². The number of carbonyl (C=O) groups excluding carboxylic acids is 1. The van der Waals surface area contributed by atoms with E-state index in [0.29, 0.717) is 27.2 Å². The number of thiocarbonyl (C=S) groups is 1. The summed E-state index contributed by atoms with van der Waals surface area (Å²) < 4.78 is 8.02. The number of fused-ring (bicyclic) bond motifs is 1. The van der Waals surface area contributed by atoms with Gasteiger partial charge in [-0.2, -0.15) is 4.98 Å². The minimum absolute atomic E-state index is 0.159. The highest BCUT2D eigenvalue weighted by atomic mass is 32.2. The normalized spacial score (nSPS) is 15.2. The Labute approximate surface area is 195 Å². The molecule has 8 heteroatoms. The zero-order valence-corrected chi connectivity index (χ0v) is 19.5. The number of amides is 1. The molecule has 0 spiro atoms. The van der Waals surface area contributed by atoms with Gasteiger partial charge in [0.2, 0.25) is 5.88 Å². The third-order valence-corrected chi connectivity index (χ3v) is 6.55. The molecular formula is C24H23N3O3S2. The summed E-state index contributed by atoms with van der Waals surface area (Å²) in [6.07, 6.45) is 6.18. The van der Waals surface area contributed by atoms with Crippen molar-refractivity contribution < 1.29 is 9.53 Å². The lowest BCUT2D eigenvalue weighted by Gasteiger charge is -2.13. The fourth-order valence-electron chi connectivity index (χ4n) is 3.40. The number of hydrogen-bond donors (Lipinski definition) is 0. The first-order valence-corrected chi connectivity index (χ1v) is 11.7. The van der Waals surface area contributed by atoms with Crippen LogP contribution in [0.1, 0.15) is 37.3 Å². The maximum absolute atomic E-state index is 13.3. The van der Waals surface area contributed by atoms with E-state index in [1.165, 1.54) is 16.2 Å². The van der Waals surface area contributed by atoms with Crippen LogP contribution in [0.3, 0.4) is 0 Å². The van der Waals surface area contributed by atoms with Gasteiger partial charge in [0.1, 0.15) is 21.3 Å². The van der Waals surface area contributed by atoms with Crippen LogP contribution in [0.25, 0.3) is 11.7 Å². The molecule has 0 saturated carbocycles. The van der Waals surface area contributed by atoms with Crippen LogP contribution in [0.15, 0.2) is 58.4 Å². The smallest absolute Gasteiger partial charge is 0.269 e. The first kappa shape index (κ1) is 22.2. The predicted molar refractivity (Wildman–Crippen MR) is 132 cm³/mol. The zero-order chi connectivity index (χ0) is 22.7. The maximum Gasteiger partial charge on any atom is 0.269 e. The highest BCUT2D eigenvalue weighted by molar-refractivity contribution is 8.26. The number of aromatic nitrogens is 2. The van der Waals surface area contributed by atoms with Crippen molar-refractivity contribution in [3.63, 3.8) is 0 Å². The first-order chi connectivity index (χ1) is 15.5. The van der Waals surface area contributed by atoms with Crippen molar-refractivity contribution in [1.29, 1.82) is 0 Å². The summed E-state index contributed by atoms with van der Waals surface area (Å²) in [5.41, 5.74) is 1.28. The lowest BCUT2D eigenvalue weighted by Crippen LogP contribution is -2.29. The van der Waals surface area contributed by atoms with E-state index in [9.17, 15) is 9.59 Å². The fraction of sp³-hybridized carbons (Fsp3) is 0.250. The van der Waals surface area contributed by atoms with E-state index in [-0.39, 0.29) is 22.9 Å². The lowest BCUT2D eigenvalue weighted by atomic mass is 10.2. The monoisotopic (exact) mass is 465 g/mol. The first-order valence-electron chi connectivity index (χ1n) is 10.5. The minimum Gasteiger partial charge on any atom is -0.438 e. The maximum atomic E-state index is 13.3. The number of pyridine rings is 1. The lowest BCUT2D eigenvalue weighted by molar-refractivity contribution is -0.122. The van der Waals surface area contributed by atoms with Crippen LogP contribution in [-0.2, 0) is 4.79 Å². The van der Waals surface area contributed by atoms with Crippen LogP contribution < -0.4 is 10.3 Å². The third-order valence-electron chi connectivity index (χ3n) is 5.17. The molecule has 0 bridgehead atoms. The van der Waals surface area contributed by atoms with Crippen LogP contribution in [0.5, 0.6) is 11.6 Å². The predicted octanol–water partition coefficient (Wildman–Crippen LogP) is 5.19. The topological polar surface area (TPSA) is 63.9 Å². The van der Waals surface area contributed by atoms with Crippen molar-refractivity contribution in [2.75, 3.05) is 6.54 Å². The summed E-state index contributed by atoms with van der Waals surface area (Å²) in [7, 11) is 0. The van der Waals surface area contributed by atoms with E-state index in [4.69, 9.17) is 17.0 Å². The van der Waals surface area contributed by atoms with Crippen LogP contribution in [-0.4, -0.2) is 31.1 Å². The van der Waals surface area contributed by atoms with Crippen molar-refractivity contribution in [3.05, 3.63) is 75.0 Å². The van der Waals surface area contributed by atoms with E-state index in [0.717, 1.165) is 24.8 Å². The molecule has 1 fully saturated rings. The molecule has 0 radical (unpaired) electrons. The standard InChI is InChI=1S/C24H23N3O3S2/c1-3-4-8-14-27-23(29)19(32-24(27)31)15-17-21(30-18-11-6-5-10-16(18)2)25-20-12-7-9-13-26(20)22(17)28/h5-7,9-13,15H,3-4,8,14H2,1-2H3/b19-15+. The summed E-state index contributed by atoms with van der Waals surface area (Å²) in [4.78, 5) is 32.9. The molecule has 4 rings (SSSR count). The van der Waals surface area contributed by atoms with Crippen molar-refractivity contribution in [2.24, 2.45) is 0 Å². The Morgan fingerprint density at radius 3 is 2.69 bits per heavy atom. The van der Waals surface area contributed by atoms with Gasteiger partial charge in [0.05, 0.1) is 4.91 Å². The van der Waals surface area contributed by atoms with E-state index in [1.807, 2.05) is 31.2 Å². The number of ether oxygens (including phenoxy) is 1. The molecule has 3 aromatic rings. The number of hydrogen-bond acceptors (Lipinski definition) is 6. The van der Waals surface area contributed by atoms with Crippen LogP contribution in [0.2, 0.25) is 0 Å². The highest BCUT2D eigenvalue weighted by Crippen LogP contribution is 2.34. The molecule has 0 N–H and O–H groups in total. The number of thioether (sulfide) groups is 1. The molecule has 6 nitrogen and oxygen atoms in total. The summed E-state index contributed by atoms with van der Waals surface area (Å²) in [6.45, 7) is 4.61. The van der Waals surface area contributed by atoms with Gasteiger partial charge in [-0.15, -0.1) is 0 Å². The summed E-state index contributed by atoms with van der Waals surface area (Å²) in [5, 5.41) is 0. The summed E-state index contributed by atoms with van der Waals surface area (Å²) in [5.74, 6) is 0.573. The van der Waals surface area contributed by atoms with Gasteiger partial charge >= 0.3 is 0 Å². The Morgan fingerprint density at radius 2 is 1.91 bits per heavy atom. The van der Waals surface area contributed by atoms with Gasteiger partial charge in [0.25, 0.3) is 11.5 Å². The summed E-state index contributed by atoms with van der Waals surface area (Å²) in [6, 6.07) is 12.8. The second-order valence-electron chi connectivity index (χ2n) is 7.47. The van der Waals surface area contributed by atoms with Crippen LogP contribution >= 0.6 is 24.0 Å². The molecule has 32 heavy (non-hydrogen) atoms. The Balaban J connectivity index is 1.78. The molecule has 1 aliphatic heterocycles. The zero-order valence-electron chi connectivity index (χ0n) is 17.9. The van der Waals surface area contributed by atoms with Gasteiger partial charge < -0.3 is 4.74 Å². The molecule has 0 unspecified atom stereocenters. The van der Waals surface area contributed by atoms with Gasteiger partial charge in [-0.05, 0) is 43.2 Å². The number of carbonyl (C=O) groups is 1. The molecule has 1 amide bonds. The van der Waals surface area contributed by atoms with E-state index in [2.05, 4.69) is 11.9 Å². The third kappa shape index (κ3) is 4.47. The van der Waals surface area contributed by atoms with Gasteiger partial charge in [0, 0.05) is 12.7 Å². The number of benzene rings is 1. The summed E-state index contributed by atoms with van der Waals surface area (Å²) >= 11 is 6.63. The molecule has 1 saturated heterocycles. The number of rotatable bonds is 7. The Hall–Kier alpha value is -2.97. The molecular weight excluding hydrogens is 442 g/mol. The quantitative estimate of drug-likeness (QED) is 0.272. The van der Waals surface area contributed by atoms with Crippen molar-refractivity contribution in [1.82, 2.24) is 14.3 Å². The van der Waals surface area contributed by atoms with Crippen LogP contribution in [0, 0.1) is 6.92 Å². The number of unbranched alkanes of at least 4 members (excludes halogenated alkanes) is 2. The second-order valence-corrected chi connectivity index (χ2v) is 9.15. The largest absolute Gasteiger partial charge is 0.438 e. The number of para-hydroxylation sites is 1. The second kappa shape index (κ2) is 9.67. The van der Waals surface area contributed by atoms with E-state index < -0.39 is 0 Å². The number of aryl methyl sites for hydroxylation is 1. The number of nitrogens with zero attached hydrogens (tertiary/aromatic N) is 3. The SMILES string of the molecule is CCCCCN1C(=O)/C(=C\c2c(Oc3ccccc3C)nc3ccccn3c2=O)SC1=S. The molecule has 3 heterocycles. The van der Waals surface area contributed by atoms with Crippen molar-refractivity contribution in [2.45, 2.75) is 33.1 Å². The van der Waals surface area contributed by atoms with Gasteiger partial charge in [-0.25, -0.2) is 0 Å². The average Bonchev–Trinajstić information content (AvgIpc) is 3.05. The molecule has 0 aliphatic carbocycles. The van der Waals surface area contributed by atoms with Gasteiger partial charge in [-0.3, -0.25) is 18.9 Å². The fourth-order valence-corrected chi connectivity index (χ4v) is 4.69. The van der Waals surface area contributed by atoms with Gasteiger partial charge in [-0.1, -0.05) is 68.0 Å². The molecule has 0 atom stereocenters. The Kier molecular flexibility index (Phi) is 6.72. The van der Waals surface area contributed by atoms with Crippen LogP contribution in [0.4, 0.5) is 0 Å². The van der Waals surface area contributed by atoms with E-state index >= 15 is 0 Å².